The SMILES string of the molecule is COC(=O)C(=NOC(C)(C)C)C(=N)N. The molecule has 0 bridgehead atoms. The molecule has 0 saturated heterocycles. The van der Waals surface area contributed by atoms with E-state index in [0.717, 1.165) is 0 Å². The molecule has 0 aromatic carbocycles. The maximum atomic E-state index is 11.0. The van der Waals surface area contributed by atoms with Gasteiger partial charge in [-0.2, -0.15) is 0 Å². The molecule has 3 N–H and O–H groups in total. The number of amidine groups is 1. The summed E-state index contributed by atoms with van der Waals surface area (Å²) in [7, 11) is 1.18. The molecule has 0 spiro atoms. The van der Waals surface area contributed by atoms with Crippen LogP contribution in [-0.2, 0) is 14.4 Å². The number of methoxy groups -OCH3 is 1. The third kappa shape index (κ3) is 4.44. The number of carbonyl (C=O) groups excluding carboxylic acids is 1. The van der Waals surface area contributed by atoms with Gasteiger partial charge in [0, 0.05) is 0 Å². The first-order valence-corrected chi connectivity index (χ1v) is 3.97. The van der Waals surface area contributed by atoms with Gasteiger partial charge in [-0.3, -0.25) is 5.41 Å². The molecule has 0 unspecified atom stereocenters. The van der Waals surface area contributed by atoms with E-state index < -0.39 is 17.4 Å². The van der Waals surface area contributed by atoms with E-state index in [1.807, 2.05) is 0 Å². The van der Waals surface area contributed by atoms with Gasteiger partial charge >= 0.3 is 5.97 Å². The van der Waals surface area contributed by atoms with Crippen LogP contribution in [0.15, 0.2) is 5.16 Å². The van der Waals surface area contributed by atoms with Gasteiger partial charge in [0.1, 0.15) is 5.60 Å². The second kappa shape index (κ2) is 4.59. The van der Waals surface area contributed by atoms with E-state index in [-0.39, 0.29) is 5.71 Å². The fraction of sp³-hybridized carbons (Fsp3) is 0.625. The van der Waals surface area contributed by atoms with Crippen LogP contribution in [0.2, 0.25) is 0 Å². The van der Waals surface area contributed by atoms with E-state index in [2.05, 4.69) is 9.89 Å². The van der Waals surface area contributed by atoms with Crippen molar-refractivity contribution >= 4 is 17.5 Å². The van der Waals surface area contributed by atoms with E-state index in [1.54, 1.807) is 20.8 Å². The van der Waals surface area contributed by atoms with Gasteiger partial charge in [-0.25, -0.2) is 4.79 Å². The Morgan fingerprint density at radius 2 is 1.93 bits per heavy atom. The maximum Gasteiger partial charge on any atom is 0.364 e. The molecule has 0 aliphatic rings. The molecule has 0 aliphatic heterocycles. The molecule has 0 radical (unpaired) electrons. The molecule has 0 fully saturated rings. The van der Waals surface area contributed by atoms with Gasteiger partial charge in [0.05, 0.1) is 7.11 Å². The number of hydrogen-bond acceptors (Lipinski definition) is 5. The summed E-state index contributed by atoms with van der Waals surface area (Å²) in [5, 5.41) is 10.5. The third-order valence-corrected chi connectivity index (χ3v) is 1.04. The number of ether oxygens (including phenoxy) is 1. The van der Waals surface area contributed by atoms with Crippen molar-refractivity contribution in [2.75, 3.05) is 7.11 Å². The molecule has 6 nitrogen and oxygen atoms in total. The number of carbonyl (C=O) groups is 1. The van der Waals surface area contributed by atoms with Gasteiger partial charge in [0.25, 0.3) is 0 Å². The number of nitrogens with two attached hydrogens (primary N) is 1. The molecule has 80 valence electrons. The van der Waals surface area contributed by atoms with Crippen LogP contribution in [0.5, 0.6) is 0 Å². The van der Waals surface area contributed by atoms with Gasteiger partial charge in [-0.1, -0.05) is 5.16 Å². The summed E-state index contributed by atoms with van der Waals surface area (Å²) in [5.41, 5.74) is 4.24. The predicted molar refractivity (Wildman–Crippen MR) is 52.2 cm³/mol. The molecule has 0 amide bonds. The molecular weight excluding hydrogens is 186 g/mol. The summed E-state index contributed by atoms with van der Waals surface area (Å²) < 4.78 is 4.37. The molecule has 0 saturated carbocycles. The molecule has 0 aliphatic carbocycles. The van der Waals surface area contributed by atoms with E-state index in [4.69, 9.17) is 16.0 Å². The van der Waals surface area contributed by atoms with Gasteiger partial charge < -0.3 is 15.3 Å². The highest BCUT2D eigenvalue weighted by Crippen LogP contribution is 2.07. The second-order valence-electron chi connectivity index (χ2n) is 3.55. The largest absolute Gasteiger partial charge is 0.464 e. The van der Waals surface area contributed by atoms with E-state index in [9.17, 15) is 4.79 Å². The lowest BCUT2D eigenvalue weighted by molar-refractivity contribution is -0.132. The quantitative estimate of drug-likeness (QED) is 0.296. The molecule has 0 aromatic heterocycles. The highest BCUT2D eigenvalue weighted by Gasteiger charge is 2.18. The summed E-state index contributed by atoms with van der Waals surface area (Å²) in [6.07, 6.45) is 0. The molecule has 6 heteroatoms. The number of rotatable bonds is 3. The zero-order valence-corrected chi connectivity index (χ0v) is 8.75. The van der Waals surface area contributed by atoms with Crippen LogP contribution in [0.4, 0.5) is 0 Å². The summed E-state index contributed by atoms with van der Waals surface area (Å²) in [5.74, 6) is -1.28. The van der Waals surface area contributed by atoms with Crippen LogP contribution in [0, 0.1) is 5.41 Å². The predicted octanol–water partition coefficient (Wildman–Crippen LogP) is 0.266. The van der Waals surface area contributed by atoms with E-state index >= 15 is 0 Å². The van der Waals surface area contributed by atoms with Gasteiger partial charge in [-0.05, 0) is 20.8 Å². The first kappa shape index (κ1) is 12.4. The topological polar surface area (TPSA) is 97.8 Å². The Morgan fingerprint density at radius 1 is 1.43 bits per heavy atom. The van der Waals surface area contributed by atoms with E-state index in [0.29, 0.717) is 0 Å². The molecule has 0 heterocycles. The first-order valence-electron chi connectivity index (χ1n) is 3.97. The monoisotopic (exact) mass is 201 g/mol. The number of esters is 1. The van der Waals surface area contributed by atoms with Crippen LogP contribution in [0.3, 0.4) is 0 Å². The molecule has 0 rings (SSSR count). The Bertz CT molecular complexity index is 265. The highest BCUT2D eigenvalue weighted by atomic mass is 16.6. The van der Waals surface area contributed by atoms with Crippen LogP contribution in [0.1, 0.15) is 20.8 Å². The summed E-state index contributed by atoms with van der Waals surface area (Å²) >= 11 is 0. The fourth-order valence-corrected chi connectivity index (χ4v) is 0.476. The smallest absolute Gasteiger partial charge is 0.364 e. The van der Waals surface area contributed by atoms with Crippen molar-refractivity contribution in [2.24, 2.45) is 10.9 Å². The minimum atomic E-state index is -0.790. The Hall–Kier alpha value is -1.59. The number of nitrogens with one attached hydrogen (secondary N) is 1. The maximum absolute atomic E-state index is 11.0. The van der Waals surface area contributed by atoms with Crippen LogP contribution in [-0.4, -0.2) is 30.2 Å². The van der Waals surface area contributed by atoms with Crippen molar-refractivity contribution in [1.82, 2.24) is 0 Å². The van der Waals surface area contributed by atoms with E-state index in [1.165, 1.54) is 7.11 Å². The van der Waals surface area contributed by atoms with Crippen molar-refractivity contribution in [3.05, 3.63) is 0 Å². The zero-order chi connectivity index (χ0) is 11.4. The average molecular weight is 201 g/mol. The highest BCUT2D eigenvalue weighted by molar-refractivity contribution is 6.64. The van der Waals surface area contributed by atoms with Gasteiger partial charge in [0.15, 0.2) is 5.84 Å². The average Bonchev–Trinajstić information content (AvgIpc) is 2.01. The number of nitrogens with zero attached hydrogens (tertiary/aromatic N) is 1. The lowest BCUT2D eigenvalue weighted by atomic mass is 10.2. The number of oxime groups is 1. The molecule has 0 atom stereocenters. The molecule has 14 heavy (non-hydrogen) atoms. The van der Waals surface area contributed by atoms with Crippen molar-refractivity contribution in [2.45, 2.75) is 26.4 Å². The lowest BCUT2D eigenvalue weighted by Gasteiger charge is -2.15. The normalized spacial score (nSPS) is 12.1. The fourth-order valence-electron chi connectivity index (χ4n) is 0.476. The zero-order valence-electron chi connectivity index (χ0n) is 8.75. The Kier molecular flexibility index (Phi) is 4.07. The van der Waals surface area contributed by atoms with Gasteiger partial charge in [-0.15, -0.1) is 0 Å². The minimum absolute atomic E-state index is 0.331. The van der Waals surface area contributed by atoms with Crippen LogP contribution >= 0.6 is 0 Å². The lowest BCUT2D eigenvalue weighted by Crippen LogP contribution is -2.32. The summed E-state index contributed by atoms with van der Waals surface area (Å²) in [6, 6.07) is 0. The Morgan fingerprint density at radius 3 is 2.21 bits per heavy atom. The summed E-state index contributed by atoms with van der Waals surface area (Å²) in [4.78, 5) is 16.0. The standard InChI is InChI=1S/C8H15N3O3/c1-8(2,3)14-11-5(6(9)10)7(12)13-4/h1-4H3,(H3,9,10). The third-order valence-electron chi connectivity index (χ3n) is 1.04. The molecular formula is C8H15N3O3. The molecule has 0 aromatic rings. The first-order chi connectivity index (χ1) is 6.28. The van der Waals surface area contributed by atoms with Crippen molar-refractivity contribution in [3.63, 3.8) is 0 Å². The Balaban J connectivity index is 4.67. The number of hydrogen-bond donors (Lipinski definition) is 2. The van der Waals surface area contributed by atoms with Crippen LogP contribution < -0.4 is 5.73 Å². The minimum Gasteiger partial charge on any atom is -0.464 e. The van der Waals surface area contributed by atoms with Crippen LogP contribution in [0.25, 0.3) is 0 Å². The van der Waals surface area contributed by atoms with Crippen molar-refractivity contribution in [1.29, 1.82) is 5.41 Å². The van der Waals surface area contributed by atoms with Gasteiger partial charge in [0.2, 0.25) is 5.71 Å². The Labute approximate surface area is 82.6 Å². The second-order valence-corrected chi connectivity index (χ2v) is 3.55. The van der Waals surface area contributed by atoms with Crippen molar-refractivity contribution in [3.8, 4) is 0 Å². The summed E-state index contributed by atoms with van der Waals surface area (Å²) in [6.45, 7) is 5.27. The van der Waals surface area contributed by atoms with Crippen molar-refractivity contribution < 1.29 is 14.4 Å².